The molecule has 19 heavy (non-hydrogen) atoms. The predicted octanol–water partition coefficient (Wildman–Crippen LogP) is 3.89. The van der Waals surface area contributed by atoms with E-state index in [9.17, 15) is 4.79 Å². The number of carboxylic acids is 1. The van der Waals surface area contributed by atoms with Gasteiger partial charge in [0.1, 0.15) is 5.75 Å². The molecule has 0 atom stereocenters. The molecule has 0 amide bonds. The van der Waals surface area contributed by atoms with E-state index in [0.29, 0.717) is 6.42 Å². The first-order valence-corrected chi connectivity index (χ1v) is 7.32. The Labute approximate surface area is 122 Å². The van der Waals surface area contributed by atoms with Crippen molar-refractivity contribution in [2.75, 3.05) is 6.61 Å². The van der Waals surface area contributed by atoms with E-state index >= 15 is 0 Å². The number of aliphatic carboxylic acids is 1. The van der Waals surface area contributed by atoms with Gasteiger partial charge in [0.15, 0.2) is 0 Å². The van der Waals surface area contributed by atoms with Gasteiger partial charge in [0.25, 0.3) is 0 Å². The van der Waals surface area contributed by atoms with Crippen molar-refractivity contribution in [1.29, 1.82) is 0 Å². The zero-order valence-corrected chi connectivity index (χ0v) is 12.9. The highest BCUT2D eigenvalue weighted by Crippen LogP contribution is 2.33. The van der Waals surface area contributed by atoms with Gasteiger partial charge < -0.3 is 9.84 Å². The lowest BCUT2D eigenvalue weighted by Gasteiger charge is -2.19. The maximum Gasteiger partial charge on any atom is 0.309 e. The molecule has 2 rings (SSSR count). The van der Waals surface area contributed by atoms with Gasteiger partial charge in [-0.05, 0) is 72.7 Å². The van der Waals surface area contributed by atoms with Gasteiger partial charge in [-0.2, -0.15) is 0 Å². The molecule has 0 aromatic heterocycles. The summed E-state index contributed by atoms with van der Waals surface area (Å²) in [4.78, 5) is 11.1. The Hall–Kier alpha value is -1.03. The van der Waals surface area contributed by atoms with E-state index in [-0.39, 0.29) is 0 Å². The van der Waals surface area contributed by atoms with Gasteiger partial charge in [-0.15, -0.1) is 0 Å². The van der Waals surface area contributed by atoms with Crippen LogP contribution in [-0.2, 0) is 11.2 Å². The summed E-state index contributed by atoms with van der Waals surface area (Å²) in [6, 6.07) is 5.81. The maximum absolute atomic E-state index is 11.1. The molecule has 1 saturated carbocycles. The molecule has 0 bridgehead atoms. The SMILES string of the molecule is CC(C)(Cc1ccc(OCC2CC2)c(Br)c1)C(=O)O. The number of rotatable bonds is 6. The first-order chi connectivity index (χ1) is 8.88. The van der Waals surface area contributed by atoms with E-state index in [4.69, 9.17) is 9.84 Å². The monoisotopic (exact) mass is 326 g/mol. The van der Waals surface area contributed by atoms with Crippen molar-refractivity contribution in [2.24, 2.45) is 11.3 Å². The molecule has 0 unspecified atom stereocenters. The minimum atomic E-state index is -0.780. The Morgan fingerprint density at radius 2 is 2.16 bits per heavy atom. The molecule has 1 N–H and O–H groups in total. The minimum Gasteiger partial charge on any atom is -0.492 e. The summed E-state index contributed by atoms with van der Waals surface area (Å²) in [7, 11) is 0. The Kier molecular flexibility index (Phi) is 4.19. The zero-order chi connectivity index (χ0) is 14.0. The normalized spacial score (nSPS) is 15.3. The highest BCUT2D eigenvalue weighted by molar-refractivity contribution is 9.10. The number of hydrogen-bond acceptors (Lipinski definition) is 2. The quantitative estimate of drug-likeness (QED) is 0.862. The molecule has 1 aliphatic carbocycles. The van der Waals surface area contributed by atoms with Crippen LogP contribution in [0.25, 0.3) is 0 Å². The smallest absolute Gasteiger partial charge is 0.309 e. The number of carbonyl (C=O) groups is 1. The van der Waals surface area contributed by atoms with Gasteiger partial charge in [0, 0.05) is 0 Å². The van der Waals surface area contributed by atoms with Crippen LogP contribution in [0.3, 0.4) is 0 Å². The molecule has 0 aliphatic heterocycles. The van der Waals surface area contributed by atoms with E-state index in [1.165, 1.54) is 12.8 Å². The fourth-order valence-corrected chi connectivity index (χ4v) is 2.39. The molecule has 104 valence electrons. The number of carboxylic acid groups (broad SMARTS) is 1. The van der Waals surface area contributed by atoms with Gasteiger partial charge >= 0.3 is 5.97 Å². The lowest BCUT2D eigenvalue weighted by molar-refractivity contribution is -0.146. The Morgan fingerprint density at radius 3 is 2.68 bits per heavy atom. The number of ether oxygens (including phenoxy) is 1. The van der Waals surface area contributed by atoms with E-state index in [1.54, 1.807) is 13.8 Å². The maximum atomic E-state index is 11.1. The molecule has 1 aromatic carbocycles. The summed E-state index contributed by atoms with van der Waals surface area (Å²) in [6.07, 6.45) is 3.04. The molecule has 0 heterocycles. The van der Waals surface area contributed by atoms with Gasteiger partial charge in [-0.25, -0.2) is 0 Å². The minimum absolute atomic E-state index is 0.504. The van der Waals surface area contributed by atoms with Crippen molar-refractivity contribution in [2.45, 2.75) is 33.1 Å². The van der Waals surface area contributed by atoms with Crippen LogP contribution in [0, 0.1) is 11.3 Å². The van der Waals surface area contributed by atoms with E-state index in [2.05, 4.69) is 15.9 Å². The number of halogens is 1. The van der Waals surface area contributed by atoms with Gasteiger partial charge in [-0.1, -0.05) is 6.07 Å². The third-order valence-corrected chi connectivity index (χ3v) is 4.01. The van der Waals surface area contributed by atoms with E-state index < -0.39 is 11.4 Å². The second-order valence-electron chi connectivity index (χ2n) is 5.88. The number of hydrogen-bond donors (Lipinski definition) is 1. The molecule has 1 aromatic rings. The van der Waals surface area contributed by atoms with Gasteiger partial charge in [-0.3, -0.25) is 4.79 Å². The van der Waals surface area contributed by atoms with Crippen molar-refractivity contribution < 1.29 is 14.6 Å². The molecule has 1 aliphatic rings. The first kappa shape index (κ1) is 14.4. The second kappa shape index (κ2) is 5.53. The third-order valence-electron chi connectivity index (χ3n) is 3.39. The van der Waals surface area contributed by atoms with E-state index in [0.717, 1.165) is 28.3 Å². The van der Waals surface area contributed by atoms with Crippen LogP contribution in [0.4, 0.5) is 0 Å². The van der Waals surface area contributed by atoms with Gasteiger partial charge in [0.2, 0.25) is 0 Å². The topological polar surface area (TPSA) is 46.5 Å². The summed E-state index contributed by atoms with van der Waals surface area (Å²) in [5, 5.41) is 9.14. The number of benzene rings is 1. The molecule has 0 saturated heterocycles. The Balaban J connectivity index is 2.03. The van der Waals surface area contributed by atoms with Crippen molar-refractivity contribution in [3.63, 3.8) is 0 Å². The largest absolute Gasteiger partial charge is 0.492 e. The van der Waals surface area contributed by atoms with Crippen LogP contribution in [-0.4, -0.2) is 17.7 Å². The summed E-state index contributed by atoms with van der Waals surface area (Å²) < 4.78 is 6.63. The lowest BCUT2D eigenvalue weighted by atomic mass is 9.86. The van der Waals surface area contributed by atoms with Crippen molar-refractivity contribution in [3.8, 4) is 5.75 Å². The summed E-state index contributed by atoms with van der Waals surface area (Å²) in [6.45, 7) is 4.25. The second-order valence-corrected chi connectivity index (χ2v) is 6.74. The van der Waals surface area contributed by atoms with Crippen LogP contribution in [0.1, 0.15) is 32.3 Å². The summed E-state index contributed by atoms with van der Waals surface area (Å²) in [5.41, 5.74) is 0.244. The zero-order valence-electron chi connectivity index (χ0n) is 11.3. The van der Waals surface area contributed by atoms with Crippen LogP contribution >= 0.6 is 15.9 Å². The molecule has 3 nitrogen and oxygen atoms in total. The van der Waals surface area contributed by atoms with Crippen molar-refractivity contribution in [3.05, 3.63) is 28.2 Å². The van der Waals surface area contributed by atoms with Crippen molar-refractivity contribution in [1.82, 2.24) is 0 Å². The fourth-order valence-electron chi connectivity index (χ4n) is 1.85. The average Bonchev–Trinajstić information content (AvgIpc) is 3.11. The standard InChI is InChI=1S/C15H19BrO3/c1-15(2,14(17)18)8-11-5-6-13(12(16)7-11)19-9-10-3-4-10/h5-7,10H,3-4,8-9H2,1-2H3,(H,17,18). The summed E-state index contributed by atoms with van der Waals surface area (Å²) in [5.74, 6) is 0.777. The molecule has 0 spiro atoms. The molecule has 0 radical (unpaired) electrons. The Morgan fingerprint density at radius 1 is 1.47 bits per heavy atom. The average molecular weight is 327 g/mol. The van der Waals surface area contributed by atoms with Crippen molar-refractivity contribution >= 4 is 21.9 Å². The first-order valence-electron chi connectivity index (χ1n) is 6.53. The van der Waals surface area contributed by atoms with E-state index in [1.807, 2.05) is 18.2 Å². The fraction of sp³-hybridized carbons (Fsp3) is 0.533. The van der Waals surface area contributed by atoms with Crippen LogP contribution < -0.4 is 4.74 Å². The van der Waals surface area contributed by atoms with Gasteiger partial charge in [0.05, 0.1) is 16.5 Å². The molecular formula is C15H19BrO3. The highest BCUT2D eigenvalue weighted by Gasteiger charge is 2.27. The van der Waals surface area contributed by atoms with Crippen LogP contribution in [0.15, 0.2) is 22.7 Å². The van der Waals surface area contributed by atoms with Crippen LogP contribution in [0.2, 0.25) is 0 Å². The Bertz CT molecular complexity index is 478. The molecule has 1 fully saturated rings. The molecular weight excluding hydrogens is 308 g/mol. The molecule has 4 heteroatoms. The highest BCUT2D eigenvalue weighted by atomic mass is 79.9. The lowest BCUT2D eigenvalue weighted by Crippen LogP contribution is -2.26. The summed E-state index contributed by atoms with van der Waals surface area (Å²) >= 11 is 3.49. The van der Waals surface area contributed by atoms with Crippen LogP contribution in [0.5, 0.6) is 5.75 Å². The predicted molar refractivity (Wildman–Crippen MR) is 77.5 cm³/mol. The third kappa shape index (κ3) is 3.96.